The van der Waals surface area contributed by atoms with Crippen LogP contribution in [0.15, 0.2) is 48.5 Å². The summed E-state index contributed by atoms with van der Waals surface area (Å²) in [6.45, 7) is 10.4. The molecule has 4 rings (SSSR count). The van der Waals surface area contributed by atoms with E-state index >= 15 is 0 Å². The van der Waals surface area contributed by atoms with E-state index in [0.717, 1.165) is 49.3 Å². The van der Waals surface area contributed by atoms with E-state index in [-0.39, 0.29) is 0 Å². The predicted octanol–water partition coefficient (Wildman–Crippen LogP) is 5.05. The Bertz CT molecular complexity index is 918. The zero-order chi connectivity index (χ0) is 25.3. The first-order valence-electron chi connectivity index (χ1n) is 14.0. The van der Waals surface area contributed by atoms with Gasteiger partial charge in [-0.2, -0.15) is 0 Å². The number of hydrogen-bond donors (Lipinski definition) is 1. The third-order valence-corrected chi connectivity index (χ3v) is 8.29. The number of aliphatic hydroxyl groups excluding tert-OH is 1. The number of rotatable bonds is 11. The molecule has 2 aliphatic rings. The molecule has 0 amide bonds. The fourth-order valence-corrected chi connectivity index (χ4v) is 6.01. The van der Waals surface area contributed by atoms with E-state index in [4.69, 9.17) is 9.47 Å². The number of benzene rings is 2. The molecule has 0 aromatic heterocycles. The molecule has 36 heavy (non-hydrogen) atoms. The van der Waals surface area contributed by atoms with Crippen LogP contribution in [0.3, 0.4) is 0 Å². The molecule has 1 unspecified atom stereocenters. The van der Waals surface area contributed by atoms with Gasteiger partial charge in [0.2, 0.25) is 0 Å². The summed E-state index contributed by atoms with van der Waals surface area (Å²) in [5.41, 5.74) is 2.43. The van der Waals surface area contributed by atoms with Gasteiger partial charge in [-0.3, -0.25) is 0 Å². The molecule has 2 aromatic rings. The molecule has 2 saturated heterocycles. The quantitative estimate of drug-likeness (QED) is 0.474. The van der Waals surface area contributed by atoms with Gasteiger partial charge in [-0.15, -0.1) is 0 Å². The van der Waals surface area contributed by atoms with Gasteiger partial charge in [0, 0.05) is 12.6 Å². The van der Waals surface area contributed by atoms with Gasteiger partial charge in [0.25, 0.3) is 0 Å². The average Bonchev–Trinajstić information content (AvgIpc) is 2.92. The van der Waals surface area contributed by atoms with Crippen molar-refractivity contribution in [3.05, 3.63) is 59.7 Å². The van der Waals surface area contributed by atoms with Crippen molar-refractivity contribution in [2.45, 2.75) is 64.5 Å². The van der Waals surface area contributed by atoms with E-state index in [2.05, 4.69) is 47.9 Å². The van der Waals surface area contributed by atoms with Gasteiger partial charge < -0.3 is 24.4 Å². The Morgan fingerprint density at radius 2 is 1.58 bits per heavy atom. The van der Waals surface area contributed by atoms with Crippen LogP contribution in [0.25, 0.3) is 0 Å². The van der Waals surface area contributed by atoms with Crippen molar-refractivity contribution in [2.75, 3.05) is 46.4 Å². The lowest BCUT2D eigenvalue weighted by molar-refractivity contribution is 0.0400. The monoisotopic (exact) mass is 494 g/mol. The zero-order valence-corrected chi connectivity index (χ0v) is 22.6. The summed E-state index contributed by atoms with van der Waals surface area (Å²) in [6.07, 6.45) is 6.60. The van der Waals surface area contributed by atoms with Gasteiger partial charge in [-0.1, -0.05) is 30.3 Å². The zero-order valence-electron chi connectivity index (χ0n) is 22.6. The number of hydrogen-bond acceptors (Lipinski definition) is 5. The van der Waals surface area contributed by atoms with E-state index in [9.17, 15) is 5.11 Å². The van der Waals surface area contributed by atoms with E-state index < -0.39 is 6.10 Å². The summed E-state index contributed by atoms with van der Waals surface area (Å²) in [5.74, 6) is 3.52. The number of aliphatic hydroxyl groups is 1. The largest absolute Gasteiger partial charge is 0.497 e. The summed E-state index contributed by atoms with van der Waals surface area (Å²) in [6, 6.07) is 17.1. The summed E-state index contributed by atoms with van der Waals surface area (Å²) in [4.78, 5) is 5.06. The molecule has 0 radical (unpaired) electrons. The fraction of sp³-hybridized carbons (Fsp3) is 0.613. The van der Waals surface area contributed by atoms with Crippen LogP contribution < -0.4 is 9.47 Å². The van der Waals surface area contributed by atoms with Crippen LogP contribution in [0.1, 0.15) is 50.7 Å². The molecule has 2 aliphatic heterocycles. The minimum absolute atomic E-state index is 0.337. The third-order valence-electron chi connectivity index (χ3n) is 8.29. The predicted molar refractivity (Wildman–Crippen MR) is 147 cm³/mol. The lowest BCUT2D eigenvalue weighted by Gasteiger charge is -2.41. The summed E-state index contributed by atoms with van der Waals surface area (Å²) < 4.78 is 11.5. The van der Waals surface area contributed by atoms with Crippen LogP contribution in [0.5, 0.6) is 11.5 Å². The Hall–Kier alpha value is -2.08. The number of piperidine rings is 2. The maximum absolute atomic E-state index is 10.7. The first-order chi connectivity index (χ1) is 17.5. The van der Waals surface area contributed by atoms with Gasteiger partial charge in [0.1, 0.15) is 24.2 Å². The van der Waals surface area contributed by atoms with Crippen LogP contribution >= 0.6 is 0 Å². The molecular weight excluding hydrogens is 448 g/mol. The van der Waals surface area contributed by atoms with Gasteiger partial charge in [0.15, 0.2) is 0 Å². The van der Waals surface area contributed by atoms with Crippen LogP contribution in [-0.4, -0.2) is 73.5 Å². The summed E-state index contributed by atoms with van der Waals surface area (Å²) in [7, 11) is 1.70. The highest BCUT2D eigenvalue weighted by Crippen LogP contribution is 2.33. The molecule has 2 heterocycles. The van der Waals surface area contributed by atoms with Crippen LogP contribution in [-0.2, 0) is 12.8 Å². The molecule has 2 aromatic carbocycles. The average molecular weight is 495 g/mol. The highest BCUT2D eigenvalue weighted by atomic mass is 16.5. The Morgan fingerprint density at radius 1 is 0.889 bits per heavy atom. The first-order valence-corrected chi connectivity index (χ1v) is 14.0. The van der Waals surface area contributed by atoms with Crippen molar-refractivity contribution < 1.29 is 14.6 Å². The standard InChI is InChI=1S/C31H46N2O3/c1-24(2)33-19-15-27(16-20-33)26-13-17-32(18-14-26)22-29(34)23-36-31-10-5-4-8-28(31)12-11-25-7-6-9-30(21-25)35-3/h4-10,21,24,26-27,29,34H,11-20,22-23H2,1-3H3. The van der Waals surface area contributed by atoms with Crippen molar-refractivity contribution in [1.29, 1.82) is 0 Å². The number of aryl methyl sites for hydroxylation is 2. The molecule has 0 saturated carbocycles. The molecule has 1 atom stereocenters. The maximum Gasteiger partial charge on any atom is 0.122 e. The highest BCUT2D eigenvalue weighted by Gasteiger charge is 2.30. The number of para-hydroxylation sites is 1. The molecular formula is C31H46N2O3. The minimum Gasteiger partial charge on any atom is -0.497 e. The van der Waals surface area contributed by atoms with Crippen LogP contribution in [0, 0.1) is 11.8 Å². The Kier molecular flexibility index (Phi) is 10.1. The number of likely N-dealkylation sites (tertiary alicyclic amines) is 2. The van der Waals surface area contributed by atoms with Crippen molar-refractivity contribution in [3.63, 3.8) is 0 Å². The SMILES string of the molecule is COc1cccc(CCc2ccccc2OCC(O)CN2CCC(C3CCN(C(C)C)CC3)CC2)c1. The van der Waals surface area contributed by atoms with Gasteiger partial charge >= 0.3 is 0 Å². The number of nitrogens with zero attached hydrogens (tertiary/aromatic N) is 2. The summed E-state index contributed by atoms with van der Waals surface area (Å²) in [5, 5.41) is 10.7. The molecule has 5 heteroatoms. The molecule has 0 bridgehead atoms. The van der Waals surface area contributed by atoms with Crippen molar-refractivity contribution in [2.24, 2.45) is 11.8 Å². The number of β-amino-alcohol motifs (C(OH)–C–C–N with tert-alkyl or cyclic N) is 1. The van der Waals surface area contributed by atoms with E-state index in [1.165, 1.54) is 49.9 Å². The third kappa shape index (κ3) is 7.71. The topological polar surface area (TPSA) is 45.2 Å². The fourth-order valence-electron chi connectivity index (χ4n) is 6.01. The molecule has 2 fully saturated rings. The second kappa shape index (κ2) is 13.5. The minimum atomic E-state index is -0.470. The smallest absolute Gasteiger partial charge is 0.122 e. The highest BCUT2D eigenvalue weighted by molar-refractivity contribution is 5.35. The van der Waals surface area contributed by atoms with Crippen molar-refractivity contribution in [3.8, 4) is 11.5 Å². The Balaban J connectivity index is 1.18. The summed E-state index contributed by atoms with van der Waals surface area (Å²) >= 11 is 0. The van der Waals surface area contributed by atoms with E-state index in [1.54, 1.807) is 7.11 Å². The molecule has 5 nitrogen and oxygen atoms in total. The van der Waals surface area contributed by atoms with Crippen LogP contribution in [0.4, 0.5) is 0 Å². The lowest BCUT2D eigenvalue weighted by Crippen LogP contribution is -2.44. The van der Waals surface area contributed by atoms with Gasteiger partial charge in [-0.05, 0) is 120 Å². The van der Waals surface area contributed by atoms with E-state index in [1.807, 2.05) is 24.3 Å². The van der Waals surface area contributed by atoms with Gasteiger partial charge in [-0.25, -0.2) is 0 Å². The van der Waals surface area contributed by atoms with Gasteiger partial charge in [0.05, 0.1) is 7.11 Å². The van der Waals surface area contributed by atoms with Crippen molar-refractivity contribution >= 4 is 0 Å². The molecule has 0 spiro atoms. The van der Waals surface area contributed by atoms with Crippen LogP contribution in [0.2, 0.25) is 0 Å². The maximum atomic E-state index is 10.7. The Morgan fingerprint density at radius 3 is 2.28 bits per heavy atom. The normalized spacial score (nSPS) is 19.5. The van der Waals surface area contributed by atoms with E-state index in [0.29, 0.717) is 19.2 Å². The second-order valence-electron chi connectivity index (χ2n) is 11.0. The Labute approximate surface area is 218 Å². The first kappa shape index (κ1) is 27.0. The second-order valence-corrected chi connectivity index (χ2v) is 11.0. The molecule has 198 valence electrons. The molecule has 0 aliphatic carbocycles. The van der Waals surface area contributed by atoms with Crippen molar-refractivity contribution in [1.82, 2.24) is 9.80 Å². The molecule has 1 N–H and O–H groups in total. The lowest BCUT2D eigenvalue weighted by atomic mass is 9.78. The number of ether oxygens (including phenoxy) is 2. The number of methoxy groups -OCH3 is 1.